The minimum absolute atomic E-state index is 0.0853. The Labute approximate surface area is 154 Å². The van der Waals surface area contributed by atoms with Gasteiger partial charge in [-0.2, -0.15) is 0 Å². The molecule has 0 bridgehead atoms. The van der Waals surface area contributed by atoms with E-state index in [0.717, 1.165) is 10.8 Å². The van der Waals surface area contributed by atoms with Gasteiger partial charge in [0.25, 0.3) is 5.91 Å². The van der Waals surface area contributed by atoms with Crippen LogP contribution in [0.2, 0.25) is 10.0 Å². The van der Waals surface area contributed by atoms with Crippen LogP contribution in [0.3, 0.4) is 0 Å². The summed E-state index contributed by atoms with van der Waals surface area (Å²) >= 11 is 12.4. The Morgan fingerprint density at radius 1 is 1.00 bits per heavy atom. The van der Waals surface area contributed by atoms with Crippen molar-refractivity contribution in [2.24, 2.45) is 0 Å². The van der Waals surface area contributed by atoms with Crippen LogP contribution in [0.5, 0.6) is 0 Å². The lowest BCUT2D eigenvalue weighted by atomic mass is 10.1. The molecule has 0 radical (unpaired) electrons. The predicted molar refractivity (Wildman–Crippen MR) is 100 cm³/mol. The van der Waals surface area contributed by atoms with Gasteiger partial charge in [0.15, 0.2) is 0 Å². The number of aromatic nitrogens is 1. The Morgan fingerprint density at radius 3 is 2.56 bits per heavy atom. The molecule has 0 aliphatic heterocycles. The van der Waals surface area contributed by atoms with Crippen LogP contribution in [-0.4, -0.2) is 16.8 Å². The van der Waals surface area contributed by atoms with Gasteiger partial charge in [-0.15, -0.1) is 0 Å². The molecule has 5 nitrogen and oxygen atoms in total. The number of hydrogen-bond acceptors (Lipinski definition) is 3. The van der Waals surface area contributed by atoms with Crippen molar-refractivity contribution in [3.05, 3.63) is 64.4 Å². The molecular formula is C18H13Cl2N3O2. The number of carbonyl (C=O) groups excluding carboxylic acids is 2. The molecule has 2 amide bonds. The molecule has 1 heterocycles. The summed E-state index contributed by atoms with van der Waals surface area (Å²) in [5, 5.41) is 7.40. The molecule has 0 aliphatic carbocycles. The number of fused-ring (bicyclic) bond motifs is 1. The third-order valence-electron chi connectivity index (χ3n) is 3.56. The predicted octanol–water partition coefficient (Wildman–Crippen LogP) is 4.75. The molecule has 3 aromatic rings. The summed E-state index contributed by atoms with van der Waals surface area (Å²) in [4.78, 5) is 28.1. The first-order valence-corrected chi connectivity index (χ1v) is 8.12. The zero-order chi connectivity index (χ0) is 18.0. The zero-order valence-corrected chi connectivity index (χ0v) is 14.7. The molecule has 2 N–H and O–H groups in total. The average molecular weight is 374 g/mol. The van der Waals surface area contributed by atoms with E-state index in [4.69, 9.17) is 23.2 Å². The number of amides is 2. The number of hydrogen-bond donors (Lipinski definition) is 2. The quantitative estimate of drug-likeness (QED) is 0.695. The van der Waals surface area contributed by atoms with E-state index in [9.17, 15) is 9.59 Å². The molecule has 0 unspecified atom stereocenters. The van der Waals surface area contributed by atoms with Gasteiger partial charge in [-0.25, -0.2) is 0 Å². The summed E-state index contributed by atoms with van der Waals surface area (Å²) in [5.41, 5.74) is 1.04. The van der Waals surface area contributed by atoms with Crippen LogP contribution in [-0.2, 0) is 4.79 Å². The number of carbonyl (C=O) groups is 2. The van der Waals surface area contributed by atoms with E-state index in [2.05, 4.69) is 15.6 Å². The normalized spacial score (nSPS) is 10.5. The maximum Gasteiger partial charge on any atom is 0.258 e. The Kier molecular flexibility index (Phi) is 4.88. The second-order valence-electron chi connectivity index (χ2n) is 5.32. The molecule has 0 aliphatic rings. The van der Waals surface area contributed by atoms with Gasteiger partial charge < -0.3 is 10.6 Å². The highest BCUT2D eigenvalue weighted by atomic mass is 35.5. The largest absolute Gasteiger partial charge is 0.325 e. The van der Waals surface area contributed by atoms with Crippen LogP contribution in [0.1, 0.15) is 17.3 Å². The van der Waals surface area contributed by atoms with Crippen molar-refractivity contribution < 1.29 is 9.59 Å². The zero-order valence-electron chi connectivity index (χ0n) is 13.1. The van der Waals surface area contributed by atoms with Crippen molar-refractivity contribution in [3.8, 4) is 0 Å². The number of nitrogens with zero attached hydrogens (tertiary/aromatic N) is 1. The molecule has 126 valence electrons. The number of anilines is 2. The molecule has 25 heavy (non-hydrogen) atoms. The molecule has 0 atom stereocenters. The SMILES string of the molecule is CC(=O)Nc1ccc(Cl)c(C(=O)Nc2cccc3cnccc23)c1Cl. The van der Waals surface area contributed by atoms with Gasteiger partial charge >= 0.3 is 0 Å². The van der Waals surface area contributed by atoms with Crippen molar-refractivity contribution in [1.29, 1.82) is 0 Å². The fourth-order valence-electron chi connectivity index (χ4n) is 2.46. The van der Waals surface area contributed by atoms with E-state index in [1.54, 1.807) is 24.5 Å². The first-order chi connectivity index (χ1) is 12.0. The maximum atomic E-state index is 12.7. The van der Waals surface area contributed by atoms with E-state index in [0.29, 0.717) is 11.4 Å². The summed E-state index contributed by atoms with van der Waals surface area (Å²) in [7, 11) is 0. The molecular weight excluding hydrogens is 361 g/mol. The number of rotatable bonds is 3. The molecule has 0 spiro atoms. The van der Waals surface area contributed by atoms with Crippen molar-refractivity contribution in [3.63, 3.8) is 0 Å². The fraction of sp³-hybridized carbons (Fsp3) is 0.0556. The monoisotopic (exact) mass is 373 g/mol. The minimum Gasteiger partial charge on any atom is -0.325 e. The summed E-state index contributed by atoms with van der Waals surface area (Å²) in [5.74, 6) is -0.761. The van der Waals surface area contributed by atoms with Gasteiger partial charge in [-0.05, 0) is 24.3 Å². The Balaban J connectivity index is 1.99. The summed E-state index contributed by atoms with van der Waals surface area (Å²) < 4.78 is 0. The molecule has 2 aromatic carbocycles. The fourth-order valence-corrected chi connectivity index (χ4v) is 3.05. The second kappa shape index (κ2) is 7.09. The summed E-state index contributed by atoms with van der Waals surface area (Å²) in [6, 6.07) is 10.4. The Hall–Kier alpha value is -2.63. The van der Waals surface area contributed by atoms with Gasteiger partial charge in [-0.1, -0.05) is 35.3 Å². The van der Waals surface area contributed by atoms with Gasteiger partial charge in [0, 0.05) is 35.8 Å². The minimum atomic E-state index is -0.466. The van der Waals surface area contributed by atoms with Gasteiger partial charge in [0.2, 0.25) is 5.91 Å². The summed E-state index contributed by atoms with van der Waals surface area (Å²) in [6.45, 7) is 1.36. The average Bonchev–Trinajstić information content (AvgIpc) is 2.58. The van der Waals surface area contributed by atoms with E-state index in [1.807, 2.05) is 18.2 Å². The number of nitrogens with one attached hydrogen (secondary N) is 2. The van der Waals surface area contributed by atoms with E-state index in [1.165, 1.54) is 13.0 Å². The highest BCUT2D eigenvalue weighted by Gasteiger charge is 2.19. The van der Waals surface area contributed by atoms with Crippen molar-refractivity contribution in [2.45, 2.75) is 6.92 Å². The standard InChI is InChI=1S/C18H13Cl2N3O2/c1-10(24)22-15-6-5-13(19)16(17(15)20)18(25)23-14-4-2-3-11-9-21-8-7-12(11)14/h2-9H,1H3,(H,22,24)(H,23,25). The van der Waals surface area contributed by atoms with Crippen LogP contribution >= 0.6 is 23.2 Å². The van der Waals surface area contributed by atoms with Crippen LogP contribution in [0, 0.1) is 0 Å². The van der Waals surface area contributed by atoms with Crippen molar-refractivity contribution in [2.75, 3.05) is 10.6 Å². The molecule has 1 aromatic heterocycles. The van der Waals surface area contributed by atoms with Crippen LogP contribution in [0.4, 0.5) is 11.4 Å². The van der Waals surface area contributed by atoms with Crippen molar-refractivity contribution in [1.82, 2.24) is 4.98 Å². The topological polar surface area (TPSA) is 71.1 Å². The van der Waals surface area contributed by atoms with Crippen molar-refractivity contribution >= 4 is 57.2 Å². The first kappa shape index (κ1) is 17.2. The van der Waals surface area contributed by atoms with Crippen LogP contribution in [0.15, 0.2) is 48.8 Å². The molecule has 0 saturated carbocycles. The number of benzene rings is 2. The molecule has 0 saturated heterocycles. The van der Waals surface area contributed by atoms with E-state index < -0.39 is 5.91 Å². The first-order valence-electron chi connectivity index (χ1n) is 7.37. The molecule has 7 heteroatoms. The third kappa shape index (κ3) is 3.57. The number of halogens is 2. The maximum absolute atomic E-state index is 12.7. The van der Waals surface area contributed by atoms with Crippen LogP contribution < -0.4 is 10.6 Å². The van der Waals surface area contributed by atoms with Gasteiger partial charge in [0.1, 0.15) is 0 Å². The van der Waals surface area contributed by atoms with Crippen LogP contribution in [0.25, 0.3) is 10.8 Å². The van der Waals surface area contributed by atoms with Gasteiger partial charge in [0.05, 0.1) is 21.3 Å². The lowest BCUT2D eigenvalue weighted by Gasteiger charge is -2.13. The summed E-state index contributed by atoms with van der Waals surface area (Å²) in [6.07, 6.45) is 3.36. The van der Waals surface area contributed by atoms with Gasteiger partial charge in [-0.3, -0.25) is 14.6 Å². The van der Waals surface area contributed by atoms with E-state index >= 15 is 0 Å². The number of pyridine rings is 1. The smallest absolute Gasteiger partial charge is 0.258 e. The lowest BCUT2D eigenvalue weighted by molar-refractivity contribution is -0.114. The Morgan fingerprint density at radius 2 is 1.80 bits per heavy atom. The lowest BCUT2D eigenvalue weighted by Crippen LogP contribution is -2.15. The Bertz CT molecular complexity index is 984. The highest BCUT2D eigenvalue weighted by Crippen LogP contribution is 2.33. The second-order valence-corrected chi connectivity index (χ2v) is 6.11. The third-order valence-corrected chi connectivity index (χ3v) is 4.27. The molecule has 3 rings (SSSR count). The molecule has 0 fully saturated rings. The van der Waals surface area contributed by atoms with E-state index in [-0.39, 0.29) is 21.5 Å². The highest BCUT2D eigenvalue weighted by molar-refractivity contribution is 6.42.